The van der Waals surface area contributed by atoms with Crippen molar-refractivity contribution in [1.29, 1.82) is 0 Å². The summed E-state index contributed by atoms with van der Waals surface area (Å²) < 4.78 is 18.3. The Kier molecular flexibility index (Phi) is 15.7. The molecule has 0 saturated carbocycles. The van der Waals surface area contributed by atoms with Gasteiger partial charge in [0.2, 0.25) is 6.10 Å². The van der Waals surface area contributed by atoms with Crippen molar-refractivity contribution in [3.63, 3.8) is 0 Å². The van der Waals surface area contributed by atoms with Crippen LogP contribution in [0.5, 0.6) is 0 Å². The predicted octanol–water partition coefficient (Wildman–Crippen LogP) is -2.25. The smallest absolute Gasteiger partial charge is 1.00 e. The first-order valence-corrected chi connectivity index (χ1v) is 10.7. The van der Waals surface area contributed by atoms with E-state index in [1.807, 2.05) is 0 Å². The normalized spacial score (nSPS) is 32.8. The van der Waals surface area contributed by atoms with Crippen LogP contribution >= 0.6 is 0 Å². The Bertz CT molecular complexity index is 357. The van der Waals surface area contributed by atoms with Gasteiger partial charge in [0.1, 0.15) is 6.10 Å². The molecule has 0 unspecified atom stereocenters. The monoisotopic (exact) mass is 772 g/mol. The number of hydrogen-bond acceptors (Lipinski definition) is 3. The third-order valence-electron chi connectivity index (χ3n) is 5.04. The first-order chi connectivity index (χ1) is 9.10. The van der Waals surface area contributed by atoms with Crippen LogP contribution in [0.3, 0.4) is 0 Å². The molecule has 0 aliphatic carbocycles. The molecule has 2 saturated heterocycles. The van der Waals surface area contributed by atoms with Gasteiger partial charge in [0, 0.05) is 6.42 Å². The van der Waals surface area contributed by atoms with Gasteiger partial charge in [0.15, 0.2) is 8.32 Å². The summed E-state index contributed by atoms with van der Waals surface area (Å²) in [6, 6.07) is 0. The van der Waals surface area contributed by atoms with Crippen LogP contribution in [0.1, 0.15) is 40.0 Å². The van der Waals surface area contributed by atoms with E-state index in [-0.39, 0.29) is 116 Å². The second-order valence-electron chi connectivity index (χ2n) is 7.74. The summed E-state index contributed by atoms with van der Waals surface area (Å²) in [5.41, 5.74) is 0. The van der Waals surface area contributed by atoms with Crippen molar-refractivity contribution in [3.8, 4) is 0 Å². The van der Waals surface area contributed by atoms with Gasteiger partial charge in [-0.2, -0.15) is 0 Å². The molecule has 8 heteroatoms. The predicted molar refractivity (Wildman–Crippen MR) is 84.0 cm³/mol. The van der Waals surface area contributed by atoms with Gasteiger partial charge >= 0.3 is 55.3 Å². The van der Waals surface area contributed by atoms with Crippen molar-refractivity contribution < 1.29 is 94.1 Å². The van der Waals surface area contributed by atoms with E-state index in [1.165, 1.54) is 0 Å². The van der Waals surface area contributed by atoms with E-state index in [0.717, 1.165) is 19.3 Å². The molecule has 0 aromatic rings. The average molecular weight is 771 g/mol. The van der Waals surface area contributed by atoms with Gasteiger partial charge in [-0.3, -0.25) is 0 Å². The average Bonchev–Trinajstić information content (AvgIpc) is 2.84. The number of hydrogen-bond donors (Lipinski definition) is 0. The molecule has 0 N–H and O–H groups in total. The molecule has 0 aromatic heterocycles. The number of rotatable bonds is 3. The summed E-state index contributed by atoms with van der Waals surface area (Å²) in [4.78, 5) is 0. The van der Waals surface area contributed by atoms with Crippen molar-refractivity contribution in [3.05, 3.63) is 13.8 Å². The Labute approximate surface area is 203 Å². The molecule has 2 fully saturated rings. The quantitative estimate of drug-likeness (QED) is 0.240. The Balaban J connectivity index is -0.00000110. The maximum Gasteiger partial charge on any atom is 1.00 e. The minimum Gasteiger partial charge on any atom is -1.00 e. The molecular weight excluding hydrogens is 740 g/mol. The minimum absolute atomic E-state index is 0. The molecule has 2 heterocycles. The van der Waals surface area contributed by atoms with Crippen LogP contribution in [0.15, 0.2) is 0 Å². The van der Waals surface area contributed by atoms with Crippen molar-refractivity contribution in [2.24, 2.45) is 0 Å². The molecule has 134 valence electrons. The first kappa shape index (κ1) is 31.1. The number of ether oxygens (including phenoxy) is 2. The van der Waals surface area contributed by atoms with Crippen LogP contribution in [0.4, 0.5) is 0 Å². The molecule has 2 aliphatic heterocycles. The molecule has 5 atom stereocenters. The van der Waals surface area contributed by atoms with E-state index in [2.05, 4.69) is 47.7 Å². The zero-order valence-electron chi connectivity index (χ0n) is 15.8. The summed E-state index contributed by atoms with van der Waals surface area (Å²) >= 11 is 0. The SMILES string of the molecule is [CH2+][C@@H]1O[C@@H]([C@H]2CC[C@H]([CH2-])O2)C[C@H]1O[Si](C)(C)C(C)(C)C.[Cl-].[Cl-].[Hg+].[Hg+]. The van der Waals surface area contributed by atoms with Gasteiger partial charge in [-0.15, -0.1) is 0 Å². The Morgan fingerprint density at radius 2 is 1.58 bits per heavy atom. The molecule has 0 amide bonds. The number of halogens is 2. The van der Waals surface area contributed by atoms with Crippen LogP contribution < -0.4 is 24.8 Å². The molecule has 24 heavy (non-hydrogen) atoms. The largest absolute Gasteiger partial charge is 1.00 e. The molecule has 3 nitrogen and oxygen atoms in total. The standard InChI is InChI=1S/C16H30O3Si.2ClH.2Hg/c1-11-8-9-13(17-11)15-10-14(12(2)18-15)19-20(6,7)16(3,4)5;;;;/h11-15H,1-2,8-10H2,3-7H3;2*1H;;/q;;;2*+1/p-2/t11-,12-,13+,14+,15+;;;;/m0..../s1. The fourth-order valence-corrected chi connectivity index (χ4v) is 4.03. The van der Waals surface area contributed by atoms with E-state index >= 15 is 0 Å². The Hall–Kier alpha value is 2.42. The molecule has 2 radical (unpaired) electrons. The van der Waals surface area contributed by atoms with Gasteiger partial charge in [0.05, 0.1) is 19.1 Å². The fourth-order valence-electron chi connectivity index (χ4n) is 2.67. The zero-order chi connectivity index (χ0) is 15.1. The molecular formula is C16H30Cl2Hg2O3Si. The van der Waals surface area contributed by atoms with Crippen LogP contribution in [0.25, 0.3) is 0 Å². The third-order valence-corrected chi connectivity index (χ3v) is 9.54. The van der Waals surface area contributed by atoms with E-state index in [1.54, 1.807) is 0 Å². The van der Waals surface area contributed by atoms with Crippen molar-refractivity contribution >= 4 is 8.32 Å². The van der Waals surface area contributed by atoms with Crippen LogP contribution in [0, 0.1) is 13.8 Å². The van der Waals surface area contributed by atoms with E-state index in [9.17, 15) is 0 Å². The maximum atomic E-state index is 6.47. The summed E-state index contributed by atoms with van der Waals surface area (Å²) in [6.45, 7) is 19.5. The summed E-state index contributed by atoms with van der Waals surface area (Å²) in [5, 5.41) is 0.215. The summed E-state index contributed by atoms with van der Waals surface area (Å²) in [6.07, 6.45) is 3.41. The van der Waals surface area contributed by atoms with Crippen LogP contribution in [-0.2, 0) is 69.2 Å². The molecule has 2 aliphatic rings. The zero-order valence-corrected chi connectivity index (χ0v) is 29.3. The van der Waals surface area contributed by atoms with Crippen LogP contribution in [0.2, 0.25) is 18.1 Å². The Morgan fingerprint density at radius 3 is 2.00 bits per heavy atom. The molecule has 0 bridgehead atoms. The van der Waals surface area contributed by atoms with Gasteiger partial charge in [0.25, 0.3) is 0 Å². The molecule has 2 rings (SSSR count). The molecule has 0 aromatic carbocycles. The van der Waals surface area contributed by atoms with E-state index in [0.29, 0.717) is 0 Å². The summed E-state index contributed by atoms with van der Waals surface area (Å²) in [5.74, 6) is 0. The van der Waals surface area contributed by atoms with Gasteiger partial charge in [-0.1, -0.05) is 33.3 Å². The second kappa shape index (κ2) is 12.1. The van der Waals surface area contributed by atoms with Crippen molar-refractivity contribution in [1.82, 2.24) is 0 Å². The second-order valence-corrected chi connectivity index (χ2v) is 12.5. The molecule has 0 spiro atoms. The van der Waals surface area contributed by atoms with Crippen molar-refractivity contribution in [2.75, 3.05) is 0 Å². The first-order valence-electron chi connectivity index (χ1n) is 7.75. The fraction of sp³-hybridized carbons (Fsp3) is 0.875. The van der Waals surface area contributed by atoms with E-state index < -0.39 is 8.32 Å². The van der Waals surface area contributed by atoms with Gasteiger partial charge in [-0.25, -0.2) is 0 Å². The Morgan fingerprint density at radius 1 is 1.04 bits per heavy atom. The van der Waals surface area contributed by atoms with E-state index in [4.69, 9.17) is 13.9 Å². The van der Waals surface area contributed by atoms with Gasteiger partial charge in [-0.05, 0) is 24.6 Å². The maximum absolute atomic E-state index is 6.47. The summed E-state index contributed by atoms with van der Waals surface area (Å²) in [7, 11) is -1.77. The van der Waals surface area contributed by atoms with Crippen molar-refractivity contribution in [2.45, 2.75) is 88.7 Å². The third kappa shape index (κ3) is 7.81. The topological polar surface area (TPSA) is 27.7 Å². The minimum atomic E-state index is -1.77. The van der Waals surface area contributed by atoms with Gasteiger partial charge < -0.3 is 45.6 Å². The van der Waals surface area contributed by atoms with Crippen LogP contribution in [-0.4, -0.2) is 38.8 Å².